The molecule has 0 saturated heterocycles. The predicted molar refractivity (Wildman–Crippen MR) is 124 cm³/mol. The fourth-order valence-electron chi connectivity index (χ4n) is 3.14. The van der Waals surface area contributed by atoms with Gasteiger partial charge in [-0.25, -0.2) is 9.97 Å². The van der Waals surface area contributed by atoms with Crippen molar-refractivity contribution in [2.45, 2.75) is 38.1 Å². The number of hydrogen-bond acceptors (Lipinski definition) is 6. The number of nitrogens with one attached hydrogen (secondary N) is 3. The van der Waals surface area contributed by atoms with E-state index in [2.05, 4.69) is 25.3 Å². The molecule has 166 valence electrons. The zero-order valence-electron chi connectivity index (χ0n) is 17.4. The van der Waals surface area contributed by atoms with Gasteiger partial charge in [-0.3, -0.25) is 0 Å². The van der Waals surface area contributed by atoms with E-state index in [1.807, 2.05) is 18.2 Å². The molecule has 8 nitrogen and oxygen atoms in total. The Morgan fingerprint density at radius 2 is 1.35 bits per heavy atom. The Bertz CT molecular complexity index is 1160. The Morgan fingerprint density at radius 3 is 1.81 bits per heavy atom. The van der Waals surface area contributed by atoms with Gasteiger partial charge in [0.25, 0.3) is 0 Å². The van der Waals surface area contributed by atoms with E-state index in [1.165, 1.54) is 0 Å². The predicted octanol–water partition coefficient (Wildman–Crippen LogP) is 3.45. The maximum absolute atomic E-state index is 9.60. The Hall–Kier alpha value is -2.20. The number of aromatic nitrogens is 4. The van der Waals surface area contributed by atoms with Gasteiger partial charge in [-0.1, -0.05) is 23.2 Å². The summed E-state index contributed by atoms with van der Waals surface area (Å²) in [6.45, 7) is 3.35. The molecule has 4 rings (SSSR count). The molecular weight excluding hydrogens is 439 g/mol. The van der Waals surface area contributed by atoms with E-state index in [0.29, 0.717) is 15.9 Å². The van der Waals surface area contributed by atoms with Crippen molar-refractivity contribution < 1.29 is 10.2 Å². The van der Waals surface area contributed by atoms with Crippen LogP contribution in [0.3, 0.4) is 0 Å². The lowest BCUT2D eigenvalue weighted by molar-refractivity contribution is 0.146. The molecule has 0 amide bonds. The van der Waals surface area contributed by atoms with E-state index in [9.17, 15) is 10.2 Å². The van der Waals surface area contributed by atoms with Gasteiger partial charge >= 0.3 is 0 Å². The Balaban J connectivity index is 0.000000176. The number of benzene rings is 2. The minimum absolute atomic E-state index is 0.203. The number of halogens is 2. The lowest BCUT2D eigenvalue weighted by Crippen LogP contribution is -2.28. The standard InChI is InChI=1S/C11H14ClN3O.C10H12ClN3O/c1-6(16)10(13-2)11-14-8-4-3-7(12)5-9(8)15-11;1-5(15)9(12)10-13-7-3-2-6(11)4-8(7)14-10/h3-6,10,13,16H,1-2H3,(H,14,15);2-5,9,15H,12H2,1H3,(H,13,14)/t6-,10+;5-,9+/m11/s1. The number of H-pyrrole nitrogens is 2. The van der Waals surface area contributed by atoms with Crippen molar-refractivity contribution in [2.75, 3.05) is 7.05 Å². The monoisotopic (exact) mass is 464 g/mol. The van der Waals surface area contributed by atoms with Gasteiger partial charge in [-0.05, 0) is 57.3 Å². The first-order valence-corrected chi connectivity index (χ1v) is 10.5. The quantitative estimate of drug-likeness (QED) is 0.267. The van der Waals surface area contributed by atoms with E-state index < -0.39 is 18.2 Å². The second-order valence-electron chi connectivity index (χ2n) is 7.34. The number of hydrogen-bond donors (Lipinski definition) is 6. The van der Waals surface area contributed by atoms with Crippen LogP contribution in [-0.2, 0) is 0 Å². The molecule has 7 N–H and O–H groups in total. The third-order valence-electron chi connectivity index (χ3n) is 4.85. The minimum atomic E-state index is -0.638. The number of fused-ring (bicyclic) bond motifs is 2. The third-order valence-corrected chi connectivity index (χ3v) is 5.32. The van der Waals surface area contributed by atoms with Crippen LogP contribution in [-0.4, -0.2) is 49.4 Å². The van der Waals surface area contributed by atoms with Gasteiger partial charge in [0, 0.05) is 10.0 Å². The van der Waals surface area contributed by atoms with E-state index in [4.69, 9.17) is 28.9 Å². The van der Waals surface area contributed by atoms with Gasteiger partial charge in [0.05, 0.1) is 46.4 Å². The lowest BCUT2D eigenvalue weighted by Gasteiger charge is -2.16. The third kappa shape index (κ3) is 5.54. The number of imidazole rings is 2. The first kappa shape index (κ1) is 23.5. The van der Waals surface area contributed by atoms with Gasteiger partial charge in [0.1, 0.15) is 11.6 Å². The van der Waals surface area contributed by atoms with Crippen LogP contribution in [0.5, 0.6) is 0 Å². The van der Waals surface area contributed by atoms with Crippen LogP contribution in [0.1, 0.15) is 37.6 Å². The van der Waals surface area contributed by atoms with Crippen LogP contribution in [0.4, 0.5) is 0 Å². The topological polar surface area (TPSA) is 136 Å². The number of nitrogens with two attached hydrogens (primary N) is 1. The van der Waals surface area contributed by atoms with Crippen molar-refractivity contribution in [3.05, 3.63) is 58.1 Å². The van der Waals surface area contributed by atoms with Crippen LogP contribution in [0.2, 0.25) is 10.0 Å². The molecule has 0 bridgehead atoms. The second-order valence-corrected chi connectivity index (χ2v) is 8.21. The average molecular weight is 465 g/mol. The van der Waals surface area contributed by atoms with E-state index in [0.717, 1.165) is 27.9 Å². The molecule has 0 aliphatic heterocycles. The average Bonchev–Trinajstić information content (AvgIpc) is 3.31. The maximum Gasteiger partial charge on any atom is 0.127 e. The summed E-state index contributed by atoms with van der Waals surface area (Å²) in [5.41, 5.74) is 9.11. The molecule has 0 saturated carbocycles. The molecule has 0 spiro atoms. The summed E-state index contributed by atoms with van der Waals surface area (Å²) < 4.78 is 0. The largest absolute Gasteiger partial charge is 0.391 e. The summed E-state index contributed by atoms with van der Waals surface area (Å²) in [5.74, 6) is 1.29. The Kier molecular flexibility index (Phi) is 7.53. The van der Waals surface area contributed by atoms with E-state index in [-0.39, 0.29) is 6.04 Å². The zero-order chi connectivity index (χ0) is 22.7. The summed E-state index contributed by atoms with van der Waals surface area (Å²) in [7, 11) is 1.79. The molecular formula is C21H26Cl2N6O2. The second kappa shape index (κ2) is 9.95. The van der Waals surface area contributed by atoms with Gasteiger partial charge in [-0.2, -0.15) is 0 Å². The molecule has 4 aromatic rings. The Labute approximate surface area is 189 Å². The van der Waals surface area contributed by atoms with Gasteiger partial charge in [0.15, 0.2) is 0 Å². The number of rotatable bonds is 5. The minimum Gasteiger partial charge on any atom is -0.391 e. The first-order valence-electron chi connectivity index (χ1n) is 9.79. The highest BCUT2D eigenvalue weighted by Crippen LogP contribution is 2.22. The molecule has 0 aliphatic carbocycles. The van der Waals surface area contributed by atoms with E-state index >= 15 is 0 Å². The fraction of sp³-hybridized carbons (Fsp3) is 0.333. The number of nitrogens with zero attached hydrogens (tertiary/aromatic N) is 2. The summed E-state index contributed by atoms with van der Waals surface area (Å²) >= 11 is 11.7. The maximum atomic E-state index is 9.60. The fourth-order valence-corrected chi connectivity index (χ4v) is 3.49. The highest BCUT2D eigenvalue weighted by Gasteiger charge is 2.19. The molecule has 2 aromatic heterocycles. The number of aliphatic hydroxyl groups is 2. The summed E-state index contributed by atoms with van der Waals surface area (Å²) in [5, 5.41) is 23.3. The molecule has 0 unspecified atom stereocenters. The SMILES string of the molecule is CN[C@H](c1nc2ccc(Cl)cc2[nH]1)[C@@H](C)O.C[C@@H](O)[C@H](N)c1nc2ccc(Cl)cc2[nH]1. The van der Waals surface area contributed by atoms with Crippen LogP contribution in [0.15, 0.2) is 36.4 Å². The van der Waals surface area contributed by atoms with Gasteiger partial charge in [-0.15, -0.1) is 0 Å². The zero-order valence-corrected chi connectivity index (χ0v) is 18.9. The summed E-state index contributed by atoms with van der Waals surface area (Å²) in [6, 6.07) is 10.1. The highest BCUT2D eigenvalue weighted by molar-refractivity contribution is 6.31. The summed E-state index contributed by atoms with van der Waals surface area (Å²) in [6.07, 6.45) is -1.15. The van der Waals surface area contributed by atoms with Crippen LogP contribution >= 0.6 is 23.2 Å². The van der Waals surface area contributed by atoms with Crippen molar-refractivity contribution in [2.24, 2.45) is 5.73 Å². The van der Waals surface area contributed by atoms with Crippen molar-refractivity contribution in [1.82, 2.24) is 25.3 Å². The number of aliphatic hydroxyl groups excluding tert-OH is 2. The number of likely N-dealkylation sites (N-methyl/N-ethyl adjacent to an activating group) is 1. The van der Waals surface area contributed by atoms with Crippen molar-refractivity contribution in [3.63, 3.8) is 0 Å². The molecule has 0 radical (unpaired) electrons. The van der Waals surface area contributed by atoms with Crippen LogP contribution < -0.4 is 11.1 Å². The van der Waals surface area contributed by atoms with E-state index in [1.54, 1.807) is 39.1 Å². The molecule has 2 aromatic carbocycles. The van der Waals surface area contributed by atoms with Crippen molar-refractivity contribution in [3.8, 4) is 0 Å². The number of aromatic amines is 2. The van der Waals surface area contributed by atoms with Gasteiger partial charge < -0.3 is 31.2 Å². The van der Waals surface area contributed by atoms with Crippen LogP contribution in [0.25, 0.3) is 22.1 Å². The molecule has 0 aliphatic rings. The normalized spacial score (nSPS) is 15.4. The first-order chi connectivity index (χ1) is 14.7. The summed E-state index contributed by atoms with van der Waals surface area (Å²) in [4.78, 5) is 14.9. The van der Waals surface area contributed by atoms with Crippen LogP contribution in [0, 0.1) is 0 Å². The van der Waals surface area contributed by atoms with Crippen molar-refractivity contribution in [1.29, 1.82) is 0 Å². The molecule has 2 heterocycles. The Morgan fingerprint density at radius 1 is 0.871 bits per heavy atom. The highest BCUT2D eigenvalue weighted by atomic mass is 35.5. The molecule has 31 heavy (non-hydrogen) atoms. The lowest BCUT2D eigenvalue weighted by atomic mass is 10.2. The van der Waals surface area contributed by atoms with Crippen molar-refractivity contribution >= 4 is 45.3 Å². The smallest absolute Gasteiger partial charge is 0.127 e. The molecule has 0 fully saturated rings. The molecule has 10 heteroatoms. The molecule has 4 atom stereocenters. The van der Waals surface area contributed by atoms with Gasteiger partial charge in [0.2, 0.25) is 0 Å².